The molecule has 102 valence electrons. The molecule has 0 bridgehead atoms. The van der Waals surface area contributed by atoms with Gasteiger partial charge in [-0.25, -0.2) is 4.98 Å². The van der Waals surface area contributed by atoms with Crippen LogP contribution in [0.3, 0.4) is 0 Å². The molecule has 0 N–H and O–H groups in total. The Morgan fingerprint density at radius 1 is 1.40 bits per heavy atom. The first kappa shape index (κ1) is 11.8. The lowest BCUT2D eigenvalue weighted by Gasteiger charge is -2.26. The summed E-state index contributed by atoms with van der Waals surface area (Å²) in [5, 5.41) is 6.47. The quantitative estimate of drug-likeness (QED) is 0.726. The number of rotatable bonds is 2. The fourth-order valence-corrected chi connectivity index (χ4v) is 3.81. The van der Waals surface area contributed by atoms with E-state index in [1.807, 2.05) is 22.8 Å². The van der Waals surface area contributed by atoms with E-state index in [1.165, 1.54) is 17.7 Å². The van der Waals surface area contributed by atoms with Crippen LogP contribution >= 0.6 is 11.3 Å². The monoisotopic (exact) mass is 285 g/mol. The maximum atomic E-state index is 4.42. The molecule has 4 heterocycles. The van der Waals surface area contributed by atoms with Crippen LogP contribution in [0.5, 0.6) is 0 Å². The Kier molecular flexibility index (Phi) is 2.70. The molecule has 20 heavy (non-hydrogen) atoms. The van der Waals surface area contributed by atoms with Crippen LogP contribution in [0.4, 0.5) is 5.82 Å². The first-order chi connectivity index (χ1) is 9.83. The summed E-state index contributed by atoms with van der Waals surface area (Å²) in [4.78, 5) is 12.5. The van der Waals surface area contributed by atoms with Gasteiger partial charge in [-0.3, -0.25) is 0 Å². The molecule has 6 heteroatoms. The van der Waals surface area contributed by atoms with Crippen molar-refractivity contribution in [3.63, 3.8) is 0 Å². The van der Waals surface area contributed by atoms with Crippen LogP contribution in [0.15, 0.2) is 29.9 Å². The van der Waals surface area contributed by atoms with Crippen molar-refractivity contribution in [2.75, 3.05) is 11.4 Å². The second-order valence-electron chi connectivity index (χ2n) is 5.09. The van der Waals surface area contributed by atoms with Crippen LogP contribution in [0, 0.1) is 6.92 Å². The topological polar surface area (TPSA) is 46.3 Å². The fourth-order valence-electron chi connectivity index (χ4n) is 2.93. The smallest absolute Gasteiger partial charge is 0.254 e. The third kappa shape index (κ3) is 1.79. The molecule has 0 amide bonds. The highest BCUT2D eigenvalue weighted by Crippen LogP contribution is 2.37. The Balaban J connectivity index is 1.83. The summed E-state index contributed by atoms with van der Waals surface area (Å²) < 4.78 is 1.85. The third-order valence-electron chi connectivity index (χ3n) is 3.78. The zero-order valence-electron chi connectivity index (χ0n) is 11.2. The summed E-state index contributed by atoms with van der Waals surface area (Å²) in [6.45, 7) is 3.06. The second kappa shape index (κ2) is 4.56. The number of anilines is 1. The molecule has 0 aliphatic carbocycles. The van der Waals surface area contributed by atoms with Gasteiger partial charge in [-0.05, 0) is 31.2 Å². The Hall–Kier alpha value is -1.95. The van der Waals surface area contributed by atoms with Crippen LogP contribution in [0.1, 0.15) is 29.5 Å². The number of nitrogens with zero attached hydrogens (tertiary/aromatic N) is 5. The van der Waals surface area contributed by atoms with Crippen LogP contribution in [-0.4, -0.2) is 26.1 Å². The average Bonchev–Trinajstić information content (AvgIpc) is 3.17. The molecule has 0 radical (unpaired) electrons. The van der Waals surface area contributed by atoms with Gasteiger partial charge in [0.1, 0.15) is 12.1 Å². The summed E-state index contributed by atoms with van der Waals surface area (Å²) in [5.41, 5.74) is 0.984. The van der Waals surface area contributed by atoms with Gasteiger partial charge in [-0.15, -0.1) is 11.3 Å². The van der Waals surface area contributed by atoms with E-state index in [9.17, 15) is 0 Å². The number of hydrogen-bond acceptors (Lipinski definition) is 5. The summed E-state index contributed by atoms with van der Waals surface area (Å²) in [5.74, 6) is 1.78. The Morgan fingerprint density at radius 2 is 2.35 bits per heavy atom. The summed E-state index contributed by atoms with van der Waals surface area (Å²) in [7, 11) is 0. The van der Waals surface area contributed by atoms with Gasteiger partial charge < -0.3 is 4.90 Å². The van der Waals surface area contributed by atoms with E-state index < -0.39 is 0 Å². The minimum absolute atomic E-state index is 0.448. The molecule has 1 saturated heterocycles. The zero-order chi connectivity index (χ0) is 13.5. The van der Waals surface area contributed by atoms with Crippen molar-refractivity contribution >= 4 is 22.9 Å². The number of fused-ring (bicyclic) bond motifs is 1. The maximum absolute atomic E-state index is 4.42. The predicted octanol–water partition coefficient (Wildman–Crippen LogP) is 2.84. The molecule has 0 aromatic carbocycles. The van der Waals surface area contributed by atoms with E-state index in [2.05, 4.69) is 43.5 Å². The molecule has 4 rings (SSSR count). The summed E-state index contributed by atoms with van der Waals surface area (Å²) in [6.07, 6.45) is 3.97. The van der Waals surface area contributed by atoms with Gasteiger partial charge in [-0.1, -0.05) is 6.07 Å². The van der Waals surface area contributed by atoms with Gasteiger partial charge in [0.2, 0.25) is 0 Å². The Morgan fingerprint density at radius 3 is 3.20 bits per heavy atom. The highest BCUT2D eigenvalue weighted by Gasteiger charge is 2.29. The number of aromatic nitrogens is 4. The molecular formula is C14H15N5S. The minimum atomic E-state index is 0.448. The average molecular weight is 285 g/mol. The van der Waals surface area contributed by atoms with Crippen molar-refractivity contribution < 1.29 is 0 Å². The predicted molar refractivity (Wildman–Crippen MR) is 79.2 cm³/mol. The van der Waals surface area contributed by atoms with Gasteiger partial charge in [0.05, 0.1) is 6.04 Å². The van der Waals surface area contributed by atoms with Gasteiger partial charge in [0, 0.05) is 23.2 Å². The van der Waals surface area contributed by atoms with Crippen LogP contribution < -0.4 is 4.90 Å². The lowest BCUT2D eigenvalue weighted by Crippen LogP contribution is -2.24. The van der Waals surface area contributed by atoms with E-state index in [1.54, 1.807) is 6.33 Å². The molecule has 1 aliphatic heterocycles. The standard InChI is InChI=1S/C14H15N5S/c1-10-8-13(19-14(17-10)15-9-16-19)18-6-2-4-11(18)12-5-3-7-20-12/h3,5,7-9,11H,2,4,6H2,1H3/t11-/m1/s1. The first-order valence-electron chi connectivity index (χ1n) is 6.80. The molecule has 1 aliphatic rings. The van der Waals surface area contributed by atoms with Crippen molar-refractivity contribution in [1.82, 2.24) is 19.6 Å². The molecule has 0 unspecified atom stereocenters. The van der Waals surface area contributed by atoms with E-state index in [4.69, 9.17) is 0 Å². The Bertz CT molecular complexity index is 733. The normalized spacial score (nSPS) is 19.1. The lowest BCUT2D eigenvalue weighted by atomic mass is 10.2. The van der Waals surface area contributed by atoms with Crippen LogP contribution in [-0.2, 0) is 0 Å². The summed E-state index contributed by atoms with van der Waals surface area (Å²) >= 11 is 1.83. The van der Waals surface area contributed by atoms with Gasteiger partial charge in [-0.2, -0.15) is 14.6 Å². The van der Waals surface area contributed by atoms with Gasteiger partial charge in [0.15, 0.2) is 0 Å². The third-order valence-corrected chi connectivity index (χ3v) is 4.75. The molecule has 1 fully saturated rings. The zero-order valence-corrected chi connectivity index (χ0v) is 12.0. The van der Waals surface area contributed by atoms with Crippen LogP contribution in [0.2, 0.25) is 0 Å². The Labute approximate surface area is 120 Å². The van der Waals surface area contributed by atoms with Crippen molar-refractivity contribution in [3.05, 3.63) is 40.5 Å². The molecule has 3 aromatic heterocycles. The minimum Gasteiger partial charge on any atom is -0.349 e. The van der Waals surface area contributed by atoms with Crippen molar-refractivity contribution in [2.24, 2.45) is 0 Å². The van der Waals surface area contributed by atoms with E-state index in [0.717, 1.165) is 18.1 Å². The second-order valence-corrected chi connectivity index (χ2v) is 6.07. The molecule has 5 nitrogen and oxygen atoms in total. The molecule has 0 spiro atoms. The molecule has 3 aromatic rings. The number of hydrogen-bond donors (Lipinski definition) is 0. The highest BCUT2D eigenvalue weighted by atomic mass is 32.1. The van der Waals surface area contributed by atoms with Crippen molar-refractivity contribution in [2.45, 2.75) is 25.8 Å². The van der Waals surface area contributed by atoms with Gasteiger partial charge in [0.25, 0.3) is 5.78 Å². The summed E-state index contributed by atoms with van der Waals surface area (Å²) in [6, 6.07) is 6.90. The van der Waals surface area contributed by atoms with E-state index in [-0.39, 0.29) is 0 Å². The van der Waals surface area contributed by atoms with Gasteiger partial charge >= 0.3 is 0 Å². The van der Waals surface area contributed by atoms with Crippen molar-refractivity contribution in [1.29, 1.82) is 0 Å². The van der Waals surface area contributed by atoms with E-state index >= 15 is 0 Å². The highest BCUT2D eigenvalue weighted by molar-refractivity contribution is 7.10. The van der Waals surface area contributed by atoms with Crippen molar-refractivity contribution in [3.8, 4) is 0 Å². The maximum Gasteiger partial charge on any atom is 0.254 e. The first-order valence-corrected chi connectivity index (χ1v) is 7.68. The van der Waals surface area contributed by atoms with Crippen LogP contribution in [0.25, 0.3) is 5.78 Å². The molecule has 0 saturated carbocycles. The molecule has 1 atom stereocenters. The fraction of sp³-hybridized carbons (Fsp3) is 0.357. The molecular weight excluding hydrogens is 270 g/mol. The van der Waals surface area contributed by atoms with E-state index in [0.29, 0.717) is 11.8 Å². The largest absolute Gasteiger partial charge is 0.349 e. The lowest BCUT2D eigenvalue weighted by molar-refractivity contribution is 0.709. The number of aryl methyl sites for hydroxylation is 1. The SMILES string of the molecule is Cc1cc(N2CCC[C@@H]2c2cccs2)n2ncnc2n1. The number of thiophene rings is 1.